The van der Waals surface area contributed by atoms with E-state index < -0.39 is 9.84 Å². The van der Waals surface area contributed by atoms with Gasteiger partial charge in [-0.2, -0.15) is 5.26 Å². The highest BCUT2D eigenvalue weighted by Crippen LogP contribution is 2.18. The van der Waals surface area contributed by atoms with E-state index in [1.54, 1.807) is 6.92 Å². The molecular formula is C9H9BrN2O2S. The number of hydrogen-bond acceptors (Lipinski definition) is 4. The molecule has 0 N–H and O–H groups in total. The average molecular weight is 289 g/mol. The van der Waals surface area contributed by atoms with Gasteiger partial charge in [0.1, 0.15) is 6.07 Å². The summed E-state index contributed by atoms with van der Waals surface area (Å²) in [6.45, 7) is 1.77. The Labute approximate surface area is 97.0 Å². The van der Waals surface area contributed by atoms with E-state index in [2.05, 4.69) is 20.9 Å². The normalized spacial score (nSPS) is 11.0. The van der Waals surface area contributed by atoms with Crippen LogP contribution in [0.3, 0.4) is 0 Å². The Hall–Kier alpha value is -0.930. The zero-order valence-corrected chi connectivity index (χ0v) is 10.5. The van der Waals surface area contributed by atoms with Crippen LogP contribution in [0.25, 0.3) is 0 Å². The van der Waals surface area contributed by atoms with Crippen molar-refractivity contribution in [1.29, 1.82) is 5.26 Å². The molecule has 1 aromatic heterocycles. The van der Waals surface area contributed by atoms with Crippen molar-refractivity contribution in [3.8, 4) is 6.07 Å². The standard InChI is InChI=1S/C9H9BrN2O2S/c1-2-3-15(13,14)9-7(5-11)4-8(10)6-12-9/h4,6H,2-3H2,1H3. The third-order valence-electron chi connectivity index (χ3n) is 1.71. The van der Waals surface area contributed by atoms with Gasteiger partial charge in [-0.25, -0.2) is 13.4 Å². The SMILES string of the molecule is CCCS(=O)(=O)c1ncc(Br)cc1C#N. The average Bonchev–Trinajstić information content (AvgIpc) is 2.17. The maximum atomic E-state index is 11.7. The highest BCUT2D eigenvalue weighted by Gasteiger charge is 2.19. The van der Waals surface area contributed by atoms with Crippen LogP contribution in [-0.4, -0.2) is 19.2 Å². The Balaban J connectivity index is 3.33. The largest absolute Gasteiger partial charge is 0.242 e. The van der Waals surface area contributed by atoms with E-state index in [9.17, 15) is 8.42 Å². The highest BCUT2D eigenvalue weighted by molar-refractivity contribution is 9.10. The molecule has 0 bridgehead atoms. The molecule has 0 aliphatic heterocycles. The summed E-state index contributed by atoms with van der Waals surface area (Å²) in [7, 11) is -3.42. The second kappa shape index (κ2) is 4.73. The molecule has 0 amide bonds. The minimum atomic E-state index is -3.42. The van der Waals surface area contributed by atoms with E-state index in [1.807, 2.05) is 6.07 Å². The van der Waals surface area contributed by atoms with E-state index in [1.165, 1.54) is 12.3 Å². The Kier molecular flexibility index (Phi) is 3.83. The molecule has 1 rings (SSSR count). The Morgan fingerprint density at radius 3 is 2.80 bits per heavy atom. The van der Waals surface area contributed by atoms with Gasteiger partial charge in [0.2, 0.25) is 0 Å². The lowest BCUT2D eigenvalue weighted by molar-refractivity contribution is 0.590. The van der Waals surface area contributed by atoms with Crippen LogP contribution >= 0.6 is 15.9 Å². The molecule has 0 spiro atoms. The first-order valence-electron chi connectivity index (χ1n) is 4.29. The van der Waals surface area contributed by atoms with Crippen molar-refractivity contribution in [2.45, 2.75) is 18.4 Å². The molecule has 6 heteroatoms. The van der Waals surface area contributed by atoms with Crippen LogP contribution < -0.4 is 0 Å². The molecular weight excluding hydrogens is 280 g/mol. The number of aromatic nitrogens is 1. The smallest absolute Gasteiger partial charge is 0.196 e. The van der Waals surface area contributed by atoms with E-state index in [4.69, 9.17) is 5.26 Å². The van der Waals surface area contributed by atoms with Crippen LogP contribution in [0.4, 0.5) is 0 Å². The first kappa shape index (κ1) is 12.1. The van der Waals surface area contributed by atoms with Gasteiger partial charge in [0, 0.05) is 10.7 Å². The van der Waals surface area contributed by atoms with Crippen molar-refractivity contribution in [2.75, 3.05) is 5.75 Å². The summed E-state index contributed by atoms with van der Waals surface area (Å²) >= 11 is 3.13. The summed E-state index contributed by atoms with van der Waals surface area (Å²) < 4.78 is 24.0. The maximum absolute atomic E-state index is 11.7. The molecule has 0 radical (unpaired) electrons. The monoisotopic (exact) mass is 288 g/mol. The van der Waals surface area contributed by atoms with E-state index in [0.717, 1.165) is 0 Å². The zero-order chi connectivity index (χ0) is 11.5. The fourth-order valence-electron chi connectivity index (χ4n) is 1.12. The second-order valence-corrected chi connectivity index (χ2v) is 5.88. The van der Waals surface area contributed by atoms with Crippen LogP contribution in [0, 0.1) is 11.3 Å². The third kappa shape index (κ3) is 2.76. The van der Waals surface area contributed by atoms with E-state index in [-0.39, 0.29) is 16.3 Å². The Morgan fingerprint density at radius 1 is 1.60 bits per heavy atom. The van der Waals surface area contributed by atoms with Crippen molar-refractivity contribution in [2.24, 2.45) is 0 Å². The first-order chi connectivity index (χ1) is 7.01. The number of nitrogens with zero attached hydrogens (tertiary/aromatic N) is 2. The topological polar surface area (TPSA) is 70.8 Å². The number of halogens is 1. The second-order valence-electron chi connectivity index (χ2n) is 2.94. The van der Waals surface area contributed by atoms with Gasteiger partial charge in [-0.1, -0.05) is 6.92 Å². The minimum absolute atomic E-state index is 0.0102. The van der Waals surface area contributed by atoms with Crippen molar-refractivity contribution >= 4 is 25.8 Å². The van der Waals surface area contributed by atoms with Crippen LogP contribution in [0.5, 0.6) is 0 Å². The predicted molar refractivity (Wildman–Crippen MR) is 59.0 cm³/mol. The van der Waals surface area contributed by atoms with Gasteiger partial charge in [-0.3, -0.25) is 0 Å². The van der Waals surface area contributed by atoms with Crippen molar-refractivity contribution in [1.82, 2.24) is 4.98 Å². The highest BCUT2D eigenvalue weighted by atomic mass is 79.9. The maximum Gasteiger partial charge on any atom is 0.196 e. The van der Waals surface area contributed by atoms with Gasteiger partial charge in [0.25, 0.3) is 0 Å². The third-order valence-corrected chi connectivity index (χ3v) is 4.00. The summed E-state index contributed by atoms with van der Waals surface area (Å²) in [6, 6.07) is 3.28. The molecule has 15 heavy (non-hydrogen) atoms. The van der Waals surface area contributed by atoms with Crippen molar-refractivity contribution < 1.29 is 8.42 Å². The summed E-state index contributed by atoms with van der Waals surface area (Å²) in [5.74, 6) is 0.0102. The minimum Gasteiger partial charge on any atom is -0.242 e. The predicted octanol–water partition coefficient (Wildman–Crippen LogP) is 1.90. The number of nitriles is 1. The van der Waals surface area contributed by atoms with Gasteiger partial charge < -0.3 is 0 Å². The van der Waals surface area contributed by atoms with Crippen LogP contribution in [0.1, 0.15) is 18.9 Å². The Bertz CT molecular complexity index is 505. The van der Waals surface area contributed by atoms with Gasteiger partial charge >= 0.3 is 0 Å². The fourth-order valence-corrected chi connectivity index (χ4v) is 2.84. The lowest BCUT2D eigenvalue weighted by Gasteiger charge is -2.03. The molecule has 0 saturated heterocycles. The van der Waals surface area contributed by atoms with Gasteiger partial charge in [-0.15, -0.1) is 0 Å². The molecule has 0 aliphatic carbocycles. The number of rotatable bonds is 3. The van der Waals surface area contributed by atoms with Gasteiger partial charge in [-0.05, 0) is 28.4 Å². The Morgan fingerprint density at radius 2 is 2.27 bits per heavy atom. The summed E-state index contributed by atoms with van der Waals surface area (Å²) in [5.41, 5.74) is 0.0813. The zero-order valence-electron chi connectivity index (χ0n) is 8.07. The lowest BCUT2D eigenvalue weighted by Crippen LogP contribution is -2.10. The summed E-state index contributed by atoms with van der Waals surface area (Å²) in [6.07, 6.45) is 1.88. The molecule has 1 heterocycles. The first-order valence-corrected chi connectivity index (χ1v) is 6.74. The molecule has 0 aromatic carbocycles. The van der Waals surface area contributed by atoms with Crippen LogP contribution in [-0.2, 0) is 9.84 Å². The molecule has 0 unspecified atom stereocenters. The van der Waals surface area contributed by atoms with Gasteiger partial charge in [0.05, 0.1) is 11.3 Å². The van der Waals surface area contributed by atoms with Crippen molar-refractivity contribution in [3.05, 3.63) is 22.3 Å². The number of pyridine rings is 1. The van der Waals surface area contributed by atoms with Gasteiger partial charge in [0.15, 0.2) is 14.9 Å². The van der Waals surface area contributed by atoms with Crippen LogP contribution in [0.15, 0.2) is 21.8 Å². The molecule has 80 valence electrons. The van der Waals surface area contributed by atoms with E-state index >= 15 is 0 Å². The summed E-state index contributed by atoms with van der Waals surface area (Å²) in [4.78, 5) is 3.78. The van der Waals surface area contributed by atoms with E-state index in [0.29, 0.717) is 10.9 Å². The van der Waals surface area contributed by atoms with Crippen LogP contribution in [0.2, 0.25) is 0 Å². The number of sulfone groups is 1. The quantitative estimate of drug-likeness (QED) is 0.852. The fraction of sp³-hybridized carbons (Fsp3) is 0.333. The molecule has 4 nitrogen and oxygen atoms in total. The molecule has 0 atom stereocenters. The molecule has 0 saturated carbocycles. The molecule has 1 aromatic rings. The summed E-state index contributed by atoms with van der Waals surface area (Å²) in [5, 5.41) is 8.67. The molecule has 0 aliphatic rings. The lowest BCUT2D eigenvalue weighted by atomic mass is 10.3. The number of hydrogen-bond donors (Lipinski definition) is 0. The molecule has 0 fully saturated rings. The van der Waals surface area contributed by atoms with Crippen molar-refractivity contribution in [3.63, 3.8) is 0 Å².